The number of aryl methyl sites for hydroxylation is 1. The number of anilines is 1. The number of nitrogens with zero attached hydrogens (tertiary/aromatic N) is 1. The molecule has 2 rings (SSSR count). The normalized spacial score (nSPS) is 18.9. The van der Waals surface area contributed by atoms with Gasteiger partial charge in [0.2, 0.25) is 5.91 Å². The van der Waals surface area contributed by atoms with Crippen molar-refractivity contribution >= 4 is 11.6 Å². The first-order chi connectivity index (χ1) is 9.40. The summed E-state index contributed by atoms with van der Waals surface area (Å²) in [6, 6.07) is 3.02. The number of hydrogen-bond acceptors (Lipinski definition) is 3. The maximum Gasteiger partial charge on any atom is 0.234 e. The van der Waals surface area contributed by atoms with E-state index < -0.39 is 0 Å². The van der Waals surface area contributed by atoms with Gasteiger partial charge in [-0.05, 0) is 69.0 Å². The van der Waals surface area contributed by atoms with Crippen LogP contribution in [-0.4, -0.2) is 29.9 Å². The first-order valence-corrected chi connectivity index (χ1v) is 6.99. The summed E-state index contributed by atoms with van der Waals surface area (Å²) in [6.45, 7) is 5.40. The monoisotopic (exact) mass is 279 g/mol. The molecule has 1 aliphatic rings. The molecule has 0 aromatic heterocycles. The van der Waals surface area contributed by atoms with Crippen LogP contribution in [0.25, 0.3) is 0 Å². The molecule has 1 amide bonds. The zero-order valence-electron chi connectivity index (χ0n) is 12.0. The lowest BCUT2D eigenvalue weighted by Crippen LogP contribution is -2.46. The summed E-state index contributed by atoms with van der Waals surface area (Å²) in [4.78, 5) is 13.3. The topological polar surface area (TPSA) is 72.3 Å². The Bertz CT molecular complexity index is 510. The lowest BCUT2D eigenvalue weighted by atomic mass is 9.86. The summed E-state index contributed by atoms with van der Waals surface area (Å²) >= 11 is 0. The lowest BCUT2D eigenvalue weighted by Gasteiger charge is -2.35. The number of primary amides is 1. The molecule has 1 heterocycles. The van der Waals surface area contributed by atoms with Crippen molar-refractivity contribution in [2.24, 2.45) is 5.73 Å². The van der Waals surface area contributed by atoms with Crippen molar-refractivity contribution in [1.29, 1.82) is 0 Å². The summed E-state index contributed by atoms with van der Waals surface area (Å²) in [7, 11) is 0. The van der Waals surface area contributed by atoms with Crippen LogP contribution < -0.4 is 11.5 Å². The minimum absolute atomic E-state index is 0.200. The second kappa shape index (κ2) is 5.79. The third-order valence-corrected chi connectivity index (χ3v) is 4.31. The molecule has 1 aromatic rings. The number of halogens is 1. The average Bonchev–Trinajstić information content (AvgIpc) is 2.42. The van der Waals surface area contributed by atoms with Crippen LogP contribution in [0.2, 0.25) is 0 Å². The zero-order chi connectivity index (χ0) is 14.9. The number of piperidine rings is 1. The van der Waals surface area contributed by atoms with Gasteiger partial charge in [0.15, 0.2) is 0 Å². The third-order valence-electron chi connectivity index (χ3n) is 4.31. The first-order valence-electron chi connectivity index (χ1n) is 6.99. The molecule has 0 bridgehead atoms. The number of likely N-dealkylation sites (tertiary alicyclic amines) is 1. The Hall–Kier alpha value is -1.62. The molecule has 1 saturated heterocycles. The predicted octanol–water partition coefficient (Wildman–Crippen LogP) is 1.77. The van der Waals surface area contributed by atoms with E-state index in [2.05, 4.69) is 4.90 Å². The van der Waals surface area contributed by atoms with E-state index in [4.69, 9.17) is 11.5 Å². The van der Waals surface area contributed by atoms with E-state index in [1.165, 1.54) is 0 Å². The minimum atomic E-state index is -0.349. The van der Waals surface area contributed by atoms with Crippen molar-refractivity contribution in [3.63, 3.8) is 0 Å². The van der Waals surface area contributed by atoms with Crippen LogP contribution in [0.3, 0.4) is 0 Å². The number of carbonyl (C=O) groups is 1. The van der Waals surface area contributed by atoms with Crippen molar-refractivity contribution in [2.45, 2.75) is 38.6 Å². The Morgan fingerprint density at radius 1 is 1.40 bits per heavy atom. The number of benzene rings is 1. The van der Waals surface area contributed by atoms with Gasteiger partial charge in [0.05, 0.1) is 11.7 Å². The molecular formula is C15H22FN3O. The van der Waals surface area contributed by atoms with E-state index in [0.717, 1.165) is 37.1 Å². The molecular weight excluding hydrogens is 257 g/mol. The van der Waals surface area contributed by atoms with E-state index >= 15 is 0 Å². The number of nitrogens with two attached hydrogens (primary N) is 2. The fourth-order valence-electron chi connectivity index (χ4n) is 2.94. The smallest absolute Gasteiger partial charge is 0.234 e. The largest absolute Gasteiger partial charge is 0.396 e. The molecule has 0 unspecified atom stereocenters. The molecule has 1 aliphatic heterocycles. The van der Waals surface area contributed by atoms with Crippen molar-refractivity contribution in [2.75, 3.05) is 18.8 Å². The molecule has 0 saturated carbocycles. The van der Waals surface area contributed by atoms with Crippen molar-refractivity contribution in [3.8, 4) is 0 Å². The number of nitrogen functional groups attached to an aromatic ring is 1. The molecule has 110 valence electrons. The molecule has 5 heteroatoms. The van der Waals surface area contributed by atoms with Gasteiger partial charge in [-0.25, -0.2) is 4.39 Å². The Morgan fingerprint density at radius 2 is 2.00 bits per heavy atom. The SMILES string of the molecule is Cc1cc(N)c(F)cc1C1CCN([C@@H](C)C(N)=O)CC1. The highest BCUT2D eigenvalue weighted by atomic mass is 19.1. The second-order valence-electron chi connectivity index (χ2n) is 5.62. The van der Waals surface area contributed by atoms with E-state index in [0.29, 0.717) is 5.92 Å². The van der Waals surface area contributed by atoms with Crippen LogP contribution in [-0.2, 0) is 4.79 Å². The lowest BCUT2D eigenvalue weighted by molar-refractivity contribution is -0.123. The van der Waals surface area contributed by atoms with Gasteiger partial charge < -0.3 is 11.5 Å². The van der Waals surface area contributed by atoms with Crippen LogP contribution in [0.1, 0.15) is 36.8 Å². The van der Waals surface area contributed by atoms with Crippen LogP contribution in [0.5, 0.6) is 0 Å². The maximum atomic E-state index is 13.6. The van der Waals surface area contributed by atoms with Gasteiger partial charge in [-0.15, -0.1) is 0 Å². The Labute approximate surface area is 118 Å². The van der Waals surface area contributed by atoms with E-state index in [9.17, 15) is 9.18 Å². The maximum absolute atomic E-state index is 13.6. The quantitative estimate of drug-likeness (QED) is 0.828. The van der Waals surface area contributed by atoms with Gasteiger partial charge in [-0.1, -0.05) is 0 Å². The molecule has 0 radical (unpaired) electrons. The van der Waals surface area contributed by atoms with Crippen molar-refractivity contribution in [3.05, 3.63) is 29.1 Å². The molecule has 4 N–H and O–H groups in total. The number of amides is 1. The second-order valence-corrected chi connectivity index (χ2v) is 5.62. The van der Waals surface area contributed by atoms with Gasteiger partial charge in [0.25, 0.3) is 0 Å². The van der Waals surface area contributed by atoms with Crippen LogP contribution in [0, 0.1) is 12.7 Å². The highest BCUT2D eigenvalue weighted by molar-refractivity contribution is 5.79. The highest BCUT2D eigenvalue weighted by Crippen LogP contribution is 2.32. The Balaban J connectivity index is 2.08. The summed E-state index contributed by atoms with van der Waals surface area (Å²) in [5, 5.41) is 0. The van der Waals surface area contributed by atoms with E-state index in [1.807, 2.05) is 13.8 Å². The molecule has 1 atom stereocenters. The molecule has 0 spiro atoms. The van der Waals surface area contributed by atoms with E-state index in [1.54, 1.807) is 12.1 Å². The van der Waals surface area contributed by atoms with E-state index in [-0.39, 0.29) is 23.5 Å². The Morgan fingerprint density at radius 3 is 2.55 bits per heavy atom. The van der Waals surface area contributed by atoms with Gasteiger partial charge in [-0.3, -0.25) is 9.69 Å². The molecule has 20 heavy (non-hydrogen) atoms. The number of carbonyl (C=O) groups excluding carboxylic acids is 1. The highest BCUT2D eigenvalue weighted by Gasteiger charge is 2.27. The molecule has 4 nitrogen and oxygen atoms in total. The standard InChI is InChI=1S/C15H22FN3O/c1-9-7-14(17)13(16)8-12(9)11-3-5-19(6-4-11)10(2)15(18)20/h7-8,10-11H,3-6,17H2,1-2H3,(H2,18,20)/t10-/m0/s1. The molecule has 1 fully saturated rings. The van der Waals surface area contributed by atoms with Crippen LogP contribution in [0.4, 0.5) is 10.1 Å². The molecule has 0 aliphatic carbocycles. The van der Waals surface area contributed by atoms with Gasteiger partial charge in [-0.2, -0.15) is 0 Å². The summed E-state index contributed by atoms with van der Waals surface area (Å²) in [6.07, 6.45) is 1.81. The summed E-state index contributed by atoms with van der Waals surface area (Å²) < 4.78 is 13.6. The Kier molecular flexibility index (Phi) is 4.28. The zero-order valence-corrected chi connectivity index (χ0v) is 12.0. The summed E-state index contributed by atoms with van der Waals surface area (Å²) in [5.74, 6) is -0.321. The fourth-order valence-corrected chi connectivity index (χ4v) is 2.94. The van der Waals surface area contributed by atoms with Gasteiger partial charge >= 0.3 is 0 Å². The minimum Gasteiger partial charge on any atom is -0.396 e. The van der Waals surface area contributed by atoms with Crippen molar-refractivity contribution in [1.82, 2.24) is 4.90 Å². The predicted molar refractivity (Wildman–Crippen MR) is 77.8 cm³/mol. The average molecular weight is 279 g/mol. The van der Waals surface area contributed by atoms with Gasteiger partial charge in [0, 0.05) is 0 Å². The molecule has 1 aromatic carbocycles. The van der Waals surface area contributed by atoms with Crippen LogP contribution in [0.15, 0.2) is 12.1 Å². The third kappa shape index (κ3) is 2.93. The summed E-state index contributed by atoms with van der Waals surface area (Å²) in [5.41, 5.74) is 13.2. The number of hydrogen-bond donors (Lipinski definition) is 2. The first kappa shape index (κ1) is 14.8. The fraction of sp³-hybridized carbons (Fsp3) is 0.533. The van der Waals surface area contributed by atoms with Crippen LogP contribution >= 0.6 is 0 Å². The van der Waals surface area contributed by atoms with Gasteiger partial charge in [0.1, 0.15) is 5.82 Å². The van der Waals surface area contributed by atoms with Crippen molar-refractivity contribution < 1.29 is 9.18 Å². The number of rotatable bonds is 3.